The molecule has 2 rings (SSSR count). The molecule has 1 aliphatic heterocycles. The third-order valence-corrected chi connectivity index (χ3v) is 4.50. The third kappa shape index (κ3) is 3.94. The smallest absolute Gasteiger partial charge is 0.124 e. The molecule has 0 saturated carbocycles. The first-order chi connectivity index (χ1) is 9.47. The number of likely N-dealkylation sites (tertiary alicyclic amines) is 1. The summed E-state index contributed by atoms with van der Waals surface area (Å²) in [6.45, 7) is 8.86. The summed E-state index contributed by atoms with van der Waals surface area (Å²) in [6, 6.07) is 5.93. The van der Waals surface area contributed by atoms with E-state index in [0.29, 0.717) is 17.1 Å². The predicted octanol–water partition coefficient (Wildman–Crippen LogP) is 4.00. The number of halogens is 2. The van der Waals surface area contributed by atoms with Crippen molar-refractivity contribution in [1.82, 2.24) is 10.2 Å². The average Bonchev–Trinajstić information content (AvgIpc) is 2.39. The normalized spacial score (nSPS) is 19.5. The number of rotatable bonds is 4. The second-order valence-electron chi connectivity index (χ2n) is 5.96. The largest absolute Gasteiger partial charge is 0.307 e. The topological polar surface area (TPSA) is 15.3 Å². The van der Waals surface area contributed by atoms with E-state index in [1.165, 1.54) is 12.1 Å². The van der Waals surface area contributed by atoms with Gasteiger partial charge in [-0.15, -0.1) is 0 Å². The van der Waals surface area contributed by atoms with Gasteiger partial charge in [-0.2, -0.15) is 0 Å². The Morgan fingerprint density at radius 1 is 1.25 bits per heavy atom. The molecule has 1 aromatic carbocycles. The van der Waals surface area contributed by atoms with Crippen molar-refractivity contribution in [1.29, 1.82) is 0 Å². The minimum atomic E-state index is -0.281. The molecule has 1 saturated heterocycles. The summed E-state index contributed by atoms with van der Waals surface area (Å²) in [5.74, 6) is -0.281. The summed E-state index contributed by atoms with van der Waals surface area (Å²) in [5.41, 5.74) is 0.972. The minimum absolute atomic E-state index is 0.152. The van der Waals surface area contributed by atoms with Crippen LogP contribution in [0, 0.1) is 5.82 Å². The van der Waals surface area contributed by atoms with Crippen molar-refractivity contribution in [3.8, 4) is 0 Å². The average molecular weight is 299 g/mol. The lowest BCUT2D eigenvalue weighted by Crippen LogP contribution is -2.45. The van der Waals surface area contributed by atoms with E-state index >= 15 is 0 Å². The molecule has 1 heterocycles. The van der Waals surface area contributed by atoms with E-state index < -0.39 is 0 Å². The summed E-state index contributed by atoms with van der Waals surface area (Å²) in [7, 11) is 0. The SMILES string of the molecule is CC(NC1CCN(C(C)C)CC1)c1ccc(F)cc1Cl. The van der Waals surface area contributed by atoms with Crippen molar-refractivity contribution in [2.75, 3.05) is 13.1 Å². The summed E-state index contributed by atoms with van der Waals surface area (Å²) in [5, 5.41) is 4.13. The second kappa shape index (κ2) is 6.88. The molecule has 0 bridgehead atoms. The fourth-order valence-electron chi connectivity index (χ4n) is 2.88. The fraction of sp³-hybridized carbons (Fsp3) is 0.625. The molecule has 0 spiro atoms. The standard InChI is InChI=1S/C16H24ClFN2/c1-11(2)20-8-6-14(7-9-20)19-12(3)15-5-4-13(18)10-16(15)17/h4-5,10-12,14,19H,6-9H2,1-3H3. The molecule has 1 atom stereocenters. The van der Waals surface area contributed by atoms with Crippen molar-refractivity contribution in [2.24, 2.45) is 0 Å². The molecule has 20 heavy (non-hydrogen) atoms. The maximum Gasteiger partial charge on any atom is 0.124 e. The Balaban J connectivity index is 1.90. The summed E-state index contributed by atoms with van der Waals surface area (Å²) in [6.07, 6.45) is 2.31. The van der Waals surface area contributed by atoms with Crippen LogP contribution in [-0.4, -0.2) is 30.1 Å². The number of nitrogens with one attached hydrogen (secondary N) is 1. The Bertz CT molecular complexity index is 442. The molecular weight excluding hydrogens is 275 g/mol. The summed E-state index contributed by atoms with van der Waals surface area (Å²) < 4.78 is 13.1. The lowest BCUT2D eigenvalue weighted by molar-refractivity contribution is 0.157. The molecule has 1 N–H and O–H groups in total. The van der Waals surface area contributed by atoms with Gasteiger partial charge in [0.2, 0.25) is 0 Å². The van der Waals surface area contributed by atoms with Crippen molar-refractivity contribution in [3.63, 3.8) is 0 Å². The van der Waals surface area contributed by atoms with Crippen LogP contribution in [0.4, 0.5) is 4.39 Å². The van der Waals surface area contributed by atoms with Crippen LogP contribution in [0.5, 0.6) is 0 Å². The number of hydrogen-bond acceptors (Lipinski definition) is 2. The molecule has 1 unspecified atom stereocenters. The van der Waals surface area contributed by atoms with E-state index in [1.807, 2.05) is 0 Å². The molecule has 1 aliphatic rings. The van der Waals surface area contributed by atoms with Crippen LogP contribution in [0.2, 0.25) is 5.02 Å². The highest BCUT2D eigenvalue weighted by molar-refractivity contribution is 6.31. The van der Waals surface area contributed by atoms with Crippen molar-refractivity contribution in [3.05, 3.63) is 34.6 Å². The Kier molecular flexibility index (Phi) is 5.42. The summed E-state index contributed by atoms with van der Waals surface area (Å²) in [4.78, 5) is 2.51. The van der Waals surface area contributed by atoms with Gasteiger partial charge < -0.3 is 10.2 Å². The van der Waals surface area contributed by atoms with Gasteiger partial charge in [0, 0.05) is 23.1 Å². The van der Waals surface area contributed by atoms with Gasteiger partial charge in [0.1, 0.15) is 5.82 Å². The number of hydrogen-bond donors (Lipinski definition) is 1. The molecule has 4 heteroatoms. The Morgan fingerprint density at radius 3 is 2.45 bits per heavy atom. The van der Waals surface area contributed by atoms with Gasteiger partial charge in [0.15, 0.2) is 0 Å². The number of nitrogens with zero attached hydrogens (tertiary/aromatic N) is 1. The van der Waals surface area contributed by atoms with E-state index in [9.17, 15) is 4.39 Å². The predicted molar refractivity (Wildman–Crippen MR) is 82.7 cm³/mol. The highest BCUT2D eigenvalue weighted by Crippen LogP contribution is 2.25. The van der Waals surface area contributed by atoms with Crippen LogP contribution in [0.25, 0.3) is 0 Å². The highest BCUT2D eigenvalue weighted by atomic mass is 35.5. The first kappa shape index (κ1) is 15.7. The minimum Gasteiger partial charge on any atom is -0.307 e. The Labute approximate surface area is 126 Å². The van der Waals surface area contributed by atoms with Gasteiger partial charge in [-0.1, -0.05) is 17.7 Å². The zero-order chi connectivity index (χ0) is 14.7. The first-order valence-corrected chi connectivity index (χ1v) is 7.80. The highest BCUT2D eigenvalue weighted by Gasteiger charge is 2.22. The molecule has 0 aromatic heterocycles. The van der Waals surface area contributed by atoms with E-state index in [-0.39, 0.29) is 11.9 Å². The lowest BCUT2D eigenvalue weighted by Gasteiger charge is -2.36. The number of piperidine rings is 1. The quantitative estimate of drug-likeness (QED) is 0.904. The Hall–Kier alpha value is -0.640. The van der Waals surface area contributed by atoms with E-state index in [1.54, 1.807) is 6.07 Å². The van der Waals surface area contributed by atoms with Gasteiger partial charge in [-0.3, -0.25) is 0 Å². The molecule has 1 aromatic rings. The maximum absolute atomic E-state index is 13.1. The molecular formula is C16H24ClFN2. The van der Waals surface area contributed by atoms with Crippen molar-refractivity contribution >= 4 is 11.6 Å². The van der Waals surface area contributed by atoms with Crippen LogP contribution in [-0.2, 0) is 0 Å². The van der Waals surface area contributed by atoms with Crippen molar-refractivity contribution < 1.29 is 4.39 Å². The Morgan fingerprint density at radius 2 is 1.90 bits per heavy atom. The molecule has 0 amide bonds. The van der Waals surface area contributed by atoms with Crippen LogP contribution < -0.4 is 5.32 Å². The van der Waals surface area contributed by atoms with Gasteiger partial charge in [0.25, 0.3) is 0 Å². The van der Waals surface area contributed by atoms with Gasteiger partial charge >= 0.3 is 0 Å². The molecule has 1 fully saturated rings. The van der Waals surface area contributed by atoms with Crippen LogP contribution in [0.1, 0.15) is 45.2 Å². The molecule has 0 radical (unpaired) electrons. The van der Waals surface area contributed by atoms with Crippen LogP contribution in [0.15, 0.2) is 18.2 Å². The monoisotopic (exact) mass is 298 g/mol. The summed E-state index contributed by atoms with van der Waals surface area (Å²) >= 11 is 6.12. The van der Waals surface area contributed by atoms with Crippen LogP contribution in [0.3, 0.4) is 0 Å². The molecule has 0 aliphatic carbocycles. The van der Waals surface area contributed by atoms with Crippen LogP contribution >= 0.6 is 11.6 Å². The van der Waals surface area contributed by atoms with Gasteiger partial charge in [0.05, 0.1) is 0 Å². The third-order valence-electron chi connectivity index (χ3n) is 4.17. The lowest BCUT2D eigenvalue weighted by atomic mass is 10.0. The zero-order valence-electron chi connectivity index (χ0n) is 12.5. The molecule has 2 nitrogen and oxygen atoms in total. The fourth-order valence-corrected chi connectivity index (χ4v) is 3.21. The van der Waals surface area contributed by atoms with E-state index in [4.69, 9.17) is 11.6 Å². The maximum atomic E-state index is 13.1. The first-order valence-electron chi connectivity index (χ1n) is 7.42. The molecule has 112 valence electrons. The van der Waals surface area contributed by atoms with Crippen molar-refractivity contribution in [2.45, 2.75) is 51.7 Å². The van der Waals surface area contributed by atoms with Gasteiger partial charge in [-0.25, -0.2) is 4.39 Å². The zero-order valence-corrected chi connectivity index (χ0v) is 13.3. The van der Waals surface area contributed by atoms with E-state index in [0.717, 1.165) is 31.5 Å². The number of benzene rings is 1. The van der Waals surface area contributed by atoms with Gasteiger partial charge in [-0.05, 0) is 64.4 Å². The van der Waals surface area contributed by atoms with E-state index in [2.05, 4.69) is 31.0 Å². The second-order valence-corrected chi connectivity index (χ2v) is 6.37.